The topological polar surface area (TPSA) is 64.4 Å². The minimum Gasteiger partial charge on any atom is -0.381 e. The van der Waals surface area contributed by atoms with E-state index in [9.17, 15) is 4.79 Å². The molecule has 0 aromatic rings. The first-order valence-electron chi connectivity index (χ1n) is 7.30. The van der Waals surface area contributed by atoms with Gasteiger partial charge >= 0.3 is 0 Å². The van der Waals surface area contributed by atoms with E-state index in [1.807, 2.05) is 0 Å². The van der Waals surface area contributed by atoms with Gasteiger partial charge in [0.1, 0.15) is 0 Å². The molecule has 0 aliphatic carbocycles. The third-order valence-electron chi connectivity index (χ3n) is 3.72. The number of unbranched alkanes of at least 4 members (excludes halogenated alkanes) is 1. The van der Waals surface area contributed by atoms with Crippen molar-refractivity contribution in [3.05, 3.63) is 0 Å². The molecule has 0 radical (unpaired) electrons. The maximum Gasteiger partial charge on any atom is 0.240 e. The average Bonchev–Trinajstić information content (AvgIpc) is 2.37. The Kier molecular flexibility index (Phi) is 6.65. The zero-order valence-corrected chi connectivity index (χ0v) is 11.8. The largest absolute Gasteiger partial charge is 0.381 e. The van der Waals surface area contributed by atoms with Crippen LogP contribution >= 0.6 is 0 Å². The summed E-state index contributed by atoms with van der Waals surface area (Å²) in [5, 5.41) is 3.14. The van der Waals surface area contributed by atoms with Gasteiger partial charge in [-0.15, -0.1) is 0 Å². The Morgan fingerprint density at radius 2 is 1.94 bits per heavy atom. The van der Waals surface area contributed by atoms with E-state index in [2.05, 4.69) is 19.2 Å². The zero-order chi connectivity index (χ0) is 13.4. The Bertz CT molecular complexity index is 250. The Labute approximate surface area is 111 Å². The SMILES string of the molecule is CCCCC(CCC)NC(=O)C1(N)CCOCC1. The van der Waals surface area contributed by atoms with E-state index in [1.165, 1.54) is 0 Å². The van der Waals surface area contributed by atoms with Crippen molar-refractivity contribution >= 4 is 5.91 Å². The van der Waals surface area contributed by atoms with Crippen LogP contribution in [0, 0.1) is 0 Å². The number of nitrogens with one attached hydrogen (secondary N) is 1. The second-order valence-electron chi connectivity index (χ2n) is 5.37. The van der Waals surface area contributed by atoms with Crippen LogP contribution in [-0.4, -0.2) is 30.7 Å². The van der Waals surface area contributed by atoms with Crippen molar-refractivity contribution in [1.29, 1.82) is 0 Å². The fourth-order valence-corrected chi connectivity index (χ4v) is 2.38. The lowest BCUT2D eigenvalue weighted by molar-refractivity contribution is -0.130. The van der Waals surface area contributed by atoms with Crippen molar-refractivity contribution < 1.29 is 9.53 Å². The maximum atomic E-state index is 12.3. The number of hydrogen-bond donors (Lipinski definition) is 2. The fraction of sp³-hybridized carbons (Fsp3) is 0.929. The molecule has 4 nitrogen and oxygen atoms in total. The van der Waals surface area contributed by atoms with Gasteiger partial charge in [0.2, 0.25) is 5.91 Å². The first-order valence-corrected chi connectivity index (χ1v) is 7.30. The number of nitrogens with two attached hydrogens (primary N) is 1. The second-order valence-corrected chi connectivity index (χ2v) is 5.37. The summed E-state index contributed by atoms with van der Waals surface area (Å²) in [5.41, 5.74) is 5.47. The summed E-state index contributed by atoms with van der Waals surface area (Å²) in [4.78, 5) is 12.3. The summed E-state index contributed by atoms with van der Waals surface area (Å²) in [7, 11) is 0. The lowest BCUT2D eigenvalue weighted by atomic mass is 9.89. The van der Waals surface area contributed by atoms with Crippen LogP contribution in [0.4, 0.5) is 0 Å². The molecule has 0 spiro atoms. The highest BCUT2D eigenvalue weighted by atomic mass is 16.5. The van der Waals surface area contributed by atoms with Gasteiger partial charge < -0.3 is 15.8 Å². The first-order chi connectivity index (χ1) is 8.62. The third-order valence-corrected chi connectivity index (χ3v) is 3.72. The molecule has 0 aromatic carbocycles. The smallest absolute Gasteiger partial charge is 0.240 e. The minimum atomic E-state index is -0.712. The van der Waals surface area contributed by atoms with E-state index in [1.54, 1.807) is 0 Å². The van der Waals surface area contributed by atoms with Crippen LogP contribution < -0.4 is 11.1 Å². The van der Waals surface area contributed by atoms with Crippen molar-refractivity contribution in [1.82, 2.24) is 5.32 Å². The van der Waals surface area contributed by atoms with Crippen molar-refractivity contribution in [3.8, 4) is 0 Å². The fourth-order valence-electron chi connectivity index (χ4n) is 2.38. The molecule has 1 aliphatic rings. The number of amides is 1. The highest BCUT2D eigenvalue weighted by Crippen LogP contribution is 2.19. The number of carbonyl (C=O) groups excluding carboxylic acids is 1. The highest BCUT2D eigenvalue weighted by molar-refractivity contribution is 5.86. The lowest BCUT2D eigenvalue weighted by Crippen LogP contribution is -2.58. The molecule has 1 saturated heterocycles. The number of ether oxygens (including phenoxy) is 1. The molecule has 106 valence electrons. The normalized spacial score (nSPS) is 20.4. The van der Waals surface area contributed by atoms with E-state index in [-0.39, 0.29) is 11.9 Å². The van der Waals surface area contributed by atoms with E-state index in [4.69, 9.17) is 10.5 Å². The van der Waals surface area contributed by atoms with Gasteiger partial charge in [-0.25, -0.2) is 0 Å². The Hall–Kier alpha value is -0.610. The van der Waals surface area contributed by atoms with Crippen molar-refractivity contribution in [2.24, 2.45) is 5.73 Å². The lowest BCUT2D eigenvalue weighted by Gasteiger charge is -2.33. The van der Waals surface area contributed by atoms with Gasteiger partial charge in [0, 0.05) is 19.3 Å². The summed E-state index contributed by atoms with van der Waals surface area (Å²) in [6, 6.07) is 0.283. The quantitative estimate of drug-likeness (QED) is 0.732. The maximum absolute atomic E-state index is 12.3. The number of rotatable bonds is 7. The molecule has 0 bridgehead atoms. The standard InChI is InChI=1S/C14H28N2O2/c1-3-5-7-12(6-4-2)16-13(17)14(15)8-10-18-11-9-14/h12H,3-11,15H2,1-2H3,(H,16,17). The van der Waals surface area contributed by atoms with E-state index in [0.29, 0.717) is 26.1 Å². The van der Waals surface area contributed by atoms with Crippen LogP contribution in [0.2, 0.25) is 0 Å². The van der Waals surface area contributed by atoms with Crippen molar-refractivity contribution in [2.75, 3.05) is 13.2 Å². The molecule has 1 aliphatic heterocycles. The predicted molar refractivity (Wildman–Crippen MR) is 73.3 cm³/mol. The van der Waals surface area contributed by atoms with Gasteiger partial charge in [0.15, 0.2) is 0 Å². The van der Waals surface area contributed by atoms with Gasteiger partial charge in [-0.05, 0) is 25.7 Å². The average molecular weight is 256 g/mol. The molecule has 0 saturated carbocycles. The Morgan fingerprint density at radius 3 is 2.50 bits per heavy atom. The van der Waals surface area contributed by atoms with Gasteiger partial charge in [0.25, 0.3) is 0 Å². The van der Waals surface area contributed by atoms with Crippen LogP contribution in [-0.2, 0) is 9.53 Å². The molecule has 3 N–H and O–H groups in total. The molecule has 1 rings (SSSR count). The molecular weight excluding hydrogens is 228 g/mol. The Morgan fingerprint density at radius 1 is 1.28 bits per heavy atom. The van der Waals surface area contributed by atoms with Crippen LogP contribution in [0.5, 0.6) is 0 Å². The van der Waals surface area contributed by atoms with Gasteiger partial charge in [-0.2, -0.15) is 0 Å². The van der Waals surface area contributed by atoms with Crippen LogP contribution in [0.15, 0.2) is 0 Å². The zero-order valence-electron chi connectivity index (χ0n) is 11.8. The minimum absolute atomic E-state index is 0.0142. The highest BCUT2D eigenvalue weighted by Gasteiger charge is 2.36. The number of hydrogen-bond acceptors (Lipinski definition) is 3. The molecule has 0 aromatic heterocycles. The monoisotopic (exact) mass is 256 g/mol. The van der Waals surface area contributed by atoms with Gasteiger partial charge in [-0.1, -0.05) is 33.1 Å². The third kappa shape index (κ3) is 4.58. The number of carbonyl (C=O) groups is 1. The van der Waals surface area contributed by atoms with Gasteiger partial charge in [0.05, 0.1) is 5.54 Å². The van der Waals surface area contributed by atoms with Crippen molar-refractivity contribution in [3.63, 3.8) is 0 Å². The molecule has 18 heavy (non-hydrogen) atoms. The van der Waals surface area contributed by atoms with Crippen LogP contribution in [0.25, 0.3) is 0 Å². The summed E-state index contributed by atoms with van der Waals surface area (Å²) in [6.45, 7) is 5.51. The van der Waals surface area contributed by atoms with E-state index in [0.717, 1.165) is 32.1 Å². The van der Waals surface area contributed by atoms with Crippen molar-refractivity contribution in [2.45, 2.75) is 70.4 Å². The summed E-state index contributed by atoms with van der Waals surface area (Å²) >= 11 is 0. The van der Waals surface area contributed by atoms with Gasteiger partial charge in [-0.3, -0.25) is 4.79 Å². The summed E-state index contributed by atoms with van der Waals surface area (Å²) < 4.78 is 5.27. The molecule has 1 unspecified atom stereocenters. The van der Waals surface area contributed by atoms with Crippen LogP contribution in [0.1, 0.15) is 58.8 Å². The predicted octanol–water partition coefficient (Wildman–Crippen LogP) is 1.97. The van der Waals surface area contributed by atoms with Crippen LogP contribution in [0.3, 0.4) is 0 Å². The summed E-state index contributed by atoms with van der Waals surface area (Å²) in [6.07, 6.45) is 6.77. The molecule has 4 heteroatoms. The molecule has 1 atom stereocenters. The van der Waals surface area contributed by atoms with E-state index < -0.39 is 5.54 Å². The molecule has 1 amide bonds. The molecule has 1 fully saturated rings. The van der Waals surface area contributed by atoms with E-state index >= 15 is 0 Å². The first kappa shape index (κ1) is 15.4. The molecule has 1 heterocycles. The summed E-state index contributed by atoms with van der Waals surface area (Å²) in [5.74, 6) is 0.0142. The second kappa shape index (κ2) is 7.74. The molecular formula is C14H28N2O2. The Balaban J connectivity index is 2.48.